The number of sulfone groups is 1. The fourth-order valence-corrected chi connectivity index (χ4v) is 8.05. The first-order valence-electron chi connectivity index (χ1n) is 15.9. The molecule has 3 aromatic carbocycles. The van der Waals surface area contributed by atoms with E-state index < -0.39 is 38.3 Å². The topological polar surface area (TPSA) is 111 Å². The number of aliphatic hydroxyl groups excluding tert-OH is 1. The van der Waals surface area contributed by atoms with Gasteiger partial charge in [-0.1, -0.05) is 41.4 Å². The van der Waals surface area contributed by atoms with Crippen molar-refractivity contribution in [3.05, 3.63) is 98.3 Å². The van der Waals surface area contributed by atoms with E-state index >= 15 is 4.39 Å². The number of amides is 1. The van der Waals surface area contributed by atoms with Crippen molar-refractivity contribution in [3.63, 3.8) is 0 Å². The number of rotatable bonds is 11. The number of hydrogen-bond acceptors (Lipinski definition) is 8. The minimum absolute atomic E-state index is 0.00277. The third kappa shape index (κ3) is 6.64. The van der Waals surface area contributed by atoms with Crippen LogP contribution in [0, 0.1) is 11.2 Å². The minimum Gasteiger partial charge on any atom is -0.396 e. The lowest BCUT2D eigenvalue weighted by Crippen LogP contribution is -2.49. The largest absolute Gasteiger partial charge is 0.396 e. The van der Waals surface area contributed by atoms with Gasteiger partial charge in [0.05, 0.1) is 41.4 Å². The van der Waals surface area contributed by atoms with Gasteiger partial charge in [-0.25, -0.2) is 12.8 Å². The van der Waals surface area contributed by atoms with Gasteiger partial charge in [-0.3, -0.25) is 14.6 Å². The van der Waals surface area contributed by atoms with E-state index in [4.69, 9.17) is 27.9 Å². The smallest absolute Gasteiger partial charge is 0.257 e. The van der Waals surface area contributed by atoms with Crippen LogP contribution in [0.5, 0.6) is 0 Å². The molecular weight excluding hydrogens is 680 g/mol. The van der Waals surface area contributed by atoms with Crippen molar-refractivity contribution in [2.75, 3.05) is 59.2 Å². The number of aliphatic hydroxyl groups is 2. The van der Waals surface area contributed by atoms with Gasteiger partial charge in [0.1, 0.15) is 5.82 Å². The highest BCUT2D eigenvalue weighted by molar-refractivity contribution is 7.90. The van der Waals surface area contributed by atoms with Crippen molar-refractivity contribution < 1.29 is 32.6 Å². The van der Waals surface area contributed by atoms with Crippen LogP contribution in [0.1, 0.15) is 52.4 Å². The number of hydrogen-bond donors (Lipinski definition) is 2. The normalized spacial score (nSPS) is 22.5. The van der Waals surface area contributed by atoms with Crippen LogP contribution in [0.15, 0.2) is 59.5 Å². The summed E-state index contributed by atoms with van der Waals surface area (Å²) in [4.78, 5) is 20.2. The Bertz CT molecular complexity index is 1830. The zero-order valence-corrected chi connectivity index (χ0v) is 29.5. The molecule has 0 bridgehead atoms. The second-order valence-electron chi connectivity index (χ2n) is 13.7. The number of halogens is 3. The fourth-order valence-electron chi connectivity index (χ4n) is 6.74. The SMILES string of the molecule is CN1CCN(CC(C)(O)c2cc(F)c3c(c2)C(=O)N(Cc2ccc(Cl)cc2S(C)(=O)=O)[C@@]3(OCC2(CO)CC2)c2ccc(Cl)cc2)CC1. The number of β-amino-alcohol motifs (C(OH)–C–C–N with tert-alkyl or cyclic N) is 1. The molecule has 13 heteroatoms. The Labute approximate surface area is 290 Å². The van der Waals surface area contributed by atoms with Crippen molar-refractivity contribution in [1.82, 2.24) is 14.7 Å². The molecule has 2 N–H and O–H groups in total. The summed E-state index contributed by atoms with van der Waals surface area (Å²) in [5.74, 6) is -1.38. The predicted octanol–water partition coefficient (Wildman–Crippen LogP) is 4.64. The molecule has 9 nitrogen and oxygen atoms in total. The molecule has 1 saturated heterocycles. The number of nitrogens with zero attached hydrogens (tertiary/aromatic N) is 3. The summed E-state index contributed by atoms with van der Waals surface area (Å²) in [5.41, 5.74) is -3.12. The number of benzene rings is 3. The predicted molar refractivity (Wildman–Crippen MR) is 181 cm³/mol. The molecule has 6 rings (SSSR count). The Hall–Kier alpha value is -2.61. The number of carbonyl (C=O) groups excluding carboxylic acids is 1. The van der Waals surface area contributed by atoms with Crippen LogP contribution in [0.25, 0.3) is 0 Å². The third-order valence-corrected chi connectivity index (χ3v) is 11.6. The molecule has 1 amide bonds. The molecule has 1 aliphatic carbocycles. The average Bonchev–Trinajstić information content (AvgIpc) is 3.78. The van der Waals surface area contributed by atoms with E-state index in [9.17, 15) is 23.4 Å². The molecule has 2 heterocycles. The molecule has 0 spiro atoms. The van der Waals surface area contributed by atoms with E-state index in [1.807, 2.05) is 7.05 Å². The number of carbonyl (C=O) groups is 1. The maximum Gasteiger partial charge on any atom is 0.257 e. The van der Waals surface area contributed by atoms with Crippen LogP contribution in [0.4, 0.5) is 4.39 Å². The first kappa shape index (κ1) is 35.2. The van der Waals surface area contributed by atoms with Gasteiger partial charge in [-0.15, -0.1) is 0 Å². The molecule has 2 atom stereocenters. The Balaban J connectivity index is 1.52. The lowest BCUT2D eigenvalue weighted by atomic mass is 9.87. The molecule has 1 saturated carbocycles. The Morgan fingerprint density at radius 2 is 1.65 bits per heavy atom. The molecule has 48 heavy (non-hydrogen) atoms. The second kappa shape index (κ2) is 12.9. The van der Waals surface area contributed by atoms with Crippen LogP contribution in [0.2, 0.25) is 10.0 Å². The molecule has 3 aromatic rings. The van der Waals surface area contributed by atoms with Gasteiger partial charge in [-0.05, 0) is 74.3 Å². The van der Waals surface area contributed by atoms with E-state index in [1.54, 1.807) is 31.2 Å². The first-order chi connectivity index (χ1) is 22.6. The van der Waals surface area contributed by atoms with Gasteiger partial charge in [0.2, 0.25) is 0 Å². The molecule has 1 unspecified atom stereocenters. The summed E-state index contributed by atoms with van der Waals surface area (Å²) in [6.45, 7) is 4.53. The van der Waals surface area contributed by atoms with Crippen molar-refractivity contribution in [2.45, 2.75) is 42.5 Å². The lowest BCUT2D eigenvalue weighted by molar-refractivity contribution is -0.130. The van der Waals surface area contributed by atoms with Crippen molar-refractivity contribution in [3.8, 4) is 0 Å². The first-order valence-corrected chi connectivity index (χ1v) is 18.5. The van der Waals surface area contributed by atoms with Crippen LogP contribution in [-0.2, 0) is 32.4 Å². The average molecular weight is 721 g/mol. The Morgan fingerprint density at radius 3 is 2.25 bits per heavy atom. The molecular formula is C35H40Cl2FN3O6S. The molecule has 2 fully saturated rings. The van der Waals surface area contributed by atoms with E-state index in [-0.39, 0.29) is 58.5 Å². The highest BCUT2D eigenvalue weighted by atomic mass is 35.5. The van der Waals surface area contributed by atoms with E-state index in [0.717, 1.165) is 32.4 Å². The van der Waals surface area contributed by atoms with Crippen molar-refractivity contribution in [2.24, 2.45) is 5.41 Å². The summed E-state index contributed by atoms with van der Waals surface area (Å²) in [5, 5.41) is 22.5. The fraction of sp³-hybridized carbons (Fsp3) is 0.457. The third-order valence-electron chi connectivity index (χ3n) is 9.91. The second-order valence-corrected chi connectivity index (χ2v) is 16.6. The lowest BCUT2D eigenvalue weighted by Gasteiger charge is -2.41. The zero-order valence-electron chi connectivity index (χ0n) is 27.2. The van der Waals surface area contributed by atoms with Gasteiger partial charge in [0.25, 0.3) is 5.91 Å². The monoisotopic (exact) mass is 719 g/mol. The summed E-state index contributed by atoms with van der Waals surface area (Å²) >= 11 is 12.5. The van der Waals surface area contributed by atoms with Gasteiger partial charge >= 0.3 is 0 Å². The summed E-state index contributed by atoms with van der Waals surface area (Å²) in [6, 6.07) is 13.7. The number of piperazine rings is 1. The van der Waals surface area contributed by atoms with E-state index in [2.05, 4.69) is 9.80 Å². The van der Waals surface area contributed by atoms with Crippen molar-refractivity contribution >= 4 is 38.9 Å². The molecule has 2 aliphatic heterocycles. The number of ether oxygens (including phenoxy) is 1. The van der Waals surface area contributed by atoms with Crippen molar-refractivity contribution in [1.29, 1.82) is 0 Å². The van der Waals surface area contributed by atoms with Crippen LogP contribution >= 0.6 is 23.2 Å². The summed E-state index contributed by atoms with van der Waals surface area (Å²) < 4.78 is 49.5. The van der Waals surface area contributed by atoms with E-state index in [1.165, 1.54) is 35.2 Å². The zero-order chi connectivity index (χ0) is 34.6. The highest BCUT2D eigenvalue weighted by Crippen LogP contribution is 2.52. The van der Waals surface area contributed by atoms with Gasteiger partial charge in [0, 0.05) is 60.0 Å². The number of fused-ring (bicyclic) bond motifs is 1. The Morgan fingerprint density at radius 1 is 1.00 bits per heavy atom. The maximum absolute atomic E-state index is 16.9. The molecule has 258 valence electrons. The van der Waals surface area contributed by atoms with Crippen LogP contribution in [-0.4, -0.2) is 98.5 Å². The molecule has 0 aromatic heterocycles. The standard InChI is InChI=1S/C35H40Cl2FN3O6S/c1-33(44,20-40-14-12-39(2)13-15-40)25-16-28-31(29(38)17-25)35(24-5-8-26(36)9-6-24,47-22-34(21-42)10-11-34)41(32(28)43)19-23-4-7-27(37)18-30(23)48(3,45)46/h4-9,16-18,42,44H,10-15,19-22H2,1-3H3/t33?,35-/m1/s1. The Kier molecular flexibility index (Phi) is 9.49. The van der Waals surface area contributed by atoms with Gasteiger partial charge in [0.15, 0.2) is 15.6 Å². The van der Waals surface area contributed by atoms with E-state index in [0.29, 0.717) is 23.4 Å². The quantitative estimate of drug-likeness (QED) is 0.295. The van der Waals surface area contributed by atoms with Gasteiger partial charge in [-0.2, -0.15) is 0 Å². The van der Waals surface area contributed by atoms with Gasteiger partial charge < -0.3 is 19.8 Å². The highest BCUT2D eigenvalue weighted by Gasteiger charge is 2.57. The molecule has 3 aliphatic rings. The summed E-state index contributed by atoms with van der Waals surface area (Å²) in [6.07, 6.45) is 2.43. The van der Waals surface area contributed by atoms with Crippen LogP contribution < -0.4 is 0 Å². The summed E-state index contributed by atoms with van der Waals surface area (Å²) in [7, 11) is -1.77. The minimum atomic E-state index is -3.80. The van der Waals surface area contributed by atoms with Crippen LogP contribution in [0.3, 0.4) is 0 Å². The maximum atomic E-state index is 16.9. The molecule has 0 radical (unpaired) electrons. The number of likely N-dealkylation sites (N-methyl/N-ethyl adjacent to an activating group) is 1.